The van der Waals surface area contributed by atoms with Crippen molar-refractivity contribution in [2.75, 3.05) is 12.4 Å². The molecule has 0 atom stereocenters. The number of carbonyl (C=O) groups is 1. The molecule has 1 amide bonds. The van der Waals surface area contributed by atoms with Gasteiger partial charge in [0.05, 0.1) is 16.4 Å². The van der Waals surface area contributed by atoms with Gasteiger partial charge in [0.2, 0.25) is 0 Å². The third kappa shape index (κ3) is 5.41. The Labute approximate surface area is 193 Å². The highest BCUT2D eigenvalue weighted by atomic mass is 32.3. The second-order valence-electron chi connectivity index (χ2n) is 6.61. The largest absolute Gasteiger partial charge is 0.388 e. The highest BCUT2D eigenvalue weighted by Gasteiger charge is 2.27. The fourth-order valence-corrected chi connectivity index (χ4v) is 5.33. The van der Waals surface area contributed by atoms with Crippen LogP contribution in [0, 0.1) is 0 Å². The Kier molecular flexibility index (Phi) is 6.98. The van der Waals surface area contributed by atoms with Crippen molar-refractivity contribution >= 4 is 50.0 Å². The molecule has 0 unspecified atom stereocenters. The van der Waals surface area contributed by atoms with Crippen molar-refractivity contribution in [2.24, 2.45) is 5.16 Å². The van der Waals surface area contributed by atoms with Gasteiger partial charge in [0.25, 0.3) is 5.91 Å². The number of oxime groups is 1. The number of nitrogens with zero attached hydrogens (tertiary/aromatic N) is 3. The number of benzene rings is 1. The summed E-state index contributed by atoms with van der Waals surface area (Å²) in [5, 5.41) is 9.71. The van der Waals surface area contributed by atoms with Crippen LogP contribution < -0.4 is 5.32 Å². The van der Waals surface area contributed by atoms with Crippen LogP contribution in [0.25, 0.3) is 0 Å². The van der Waals surface area contributed by atoms with Crippen LogP contribution in [0.3, 0.4) is 0 Å². The number of hydrogen-bond acceptors (Lipinski definition) is 10. The van der Waals surface area contributed by atoms with E-state index in [1.54, 1.807) is 49.8 Å². The third-order valence-electron chi connectivity index (χ3n) is 4.30. The average Bonchev–Trinajstić information content (AvgIpc) is 3.37. The minimum absolute atomic E-state index is 0.0266. The van der Waals surface area contributed by atoms with Gasteiger partial charge in [-0.3, -0.25) is 19.2 Å². The Hall–Kier alpha value is -2.61. The molecular formula is C20H20N4O5S3. The summed E-state index contributed by atoms with van der Waals surface area (Å²) in [6.45, 7) is 0.520. The quantitative estimate of drug-likeness (QED) is 0.276. The fraction of sp³-hybridized carbons (Fsp3) is 0.200. The number of carbonyl (C=O) groups excluding carboxylic acids is 1. The van der Waals surface area contributed by atoms with Gasteiger partial charge in [-0.1, -0.05) is 34.7 Å². The molecule has 0 spiro atoms. The van der Waals surface area contributed by atoms with E-state index in [-0.39, 0.29) is 12.3 Å². The van der Waals surface area contributed by atoms with Crippen molar-refractivity contribution in [1.29, 1.82) is 0 Å². The number of anilines is 1. The molecule has 4 rings (SSSR count). The van der Waals surface area contributed by atoms with Gasteiger partial charge in [-0.05, 0) is 12.1 Å². The molecule has 0 aliphatic heterocycles. The van der Waals surface area contributed by atoms with E-state index < -0.39 is 16.5 Å². The molecule has 12 heteroatoms. The maximum Gasteiger partial charge on any atom is 0.280 e. The number of allylic oxidation sites excluding steroid dienone is 2. The summed E-state index contributed by atoms with van der Waals surface area (Å²) in [7, 11) is -1.38. The van der Waals surface area contributed by atoms with Crippen LogP contribution in [0.5, 0.6) is 0 Å². The highest BCUT2D eigenvalue weighted by Crippen LogP contribution is 2.61. The number of rotatable bonds is 10. The van der Waals surface area contributed by atoms with Crippen molar-refractivity contribution in [3.63, 3.8) is 0 Å². The van der Waals surface area contributed by atoms with Crippen molar-refractivity contribution in [1.82, 2.24) is 9.97 Å². The Morgan fingerprint density at radius 1 is 1.25 bits per heavy atom. The predicted molar refractivity (Wildman–Crippen MR) is 125 cm³/mol. The van der Waals surface area contributed by atoms with Gasteiger partial charge in [0, 0.05) is 41.8 Å². The van der Waals surface area contributed by atoms with Crippen molar-refractivity contribution in [3.05, 3.63) is 68.5 Å². The number of methoxy groups -OCH3 is 1. The van der Waals surface area contributed by atoms with E-state index in [9.17, 15) is 13.9 Å². The molecule has 0 bridgehead atoms. The Balaban J connectivity index is 1.54. The molecule has 2 aromatic heterocycles. The molecule has 168 valence electrons. The van der Waals surface area contributed by atoms with Gasteiger partial charge >= 0.3 is 0 Å². The molecule has 0 saturated carbocycles. The maximum atomic E-state index is 13.0. The third-order valence-corrected chi connectivity index (χ3v) is 7.93. The van der Waals surface area contributed by atoms with Crippen molar-refractivity contribution in [2.45, 2.75) is 24.5 Å². The second kappa shape index (κ2) is 9.90. The SMILES string of the molecule is COCc1cnc(NC(=O)C(=NOCc2nccs2)c2ccc(S(O)(O)C3=CC3)cc2)s1. The normalized spacial score (nSPS) is 14.1. The first-order valence-corrected chi connectivity index (χ1v) is 12.6. The molecule has 3 N–H and O–H groups in total. The van der Waals surface area contributed by atoms with E-state index in [4.69, 9.17) is 9.57 Å². The highest BCUT2D eigenvalue weighted by molar-refractivity contribution is 8.27. The summed E-state index contributed by atoms with van der Waals surface area (Å²) in [6.07, 6.45) is 5.67. The average molecular weight is 493 g/mol. The van der Waals surface area contributed by atoms with Crippen LogP contribution >= 0.6 is 33.3 Å². The molecule has 0 saturated heterocycles. The number of amides is 1. The van der Waals surface area contributed by atoms with Gasteiger partial charge in [-0.2, -0.15) is 0 Å². The van der Waals surface area contributed by atoms with Crippen LogP contribution in [-0.4, -0.2) is 37.8 Å². The lowest BCUT2D eigenvalue weighted by Crippen LogP contribution is -2.24. The Morgan fingerprint density at radius 3 is 2.69 bits per heavy atom. The van der Waals surface area contributed by atoms with Gasteiger partial charge < -0.3 is 9.57 Å². The van der Waals surface area contributed by atoms with Gasteiger partial charge in [-0.15, -0.1) is 21.9 Å². The standard InChI is InChI=1S/C20H20N4O5S3/c1-28-11-14-10-22-20(31-14)23-19(25)18(24-29-12-17-21-8-9-30-17)13-2-4-15(5-3-13)32(26,27)16-6-7-16/h2-6,8-10,26-27H,7,11-12H2,1H3,(H,22,23,25). The monoisotopic (exact) mass is 492 g/mol. The lowest BCUT2D eigenvalue weighted by Gasteiger charge is -2.30. The van der Waals surface area contributed by atoms with E-state index in [0.717, 1.165) is 9.88 Å². The van der Waals surface area contributed by atoms with Gasteiger partial charge in [0.1, 0.15) is 5.01 Å². The number of thiazole rings is 2. The molecule has 0 radical (unpaired) electrons. The minimum atomic E-state index is -2.96. The fourth-order valence-electron chi connectivity index (χ4n) is 2.66. The number of hydrogen-bond donors (Lipinski definition) is 3. The maximum absolute atomic E-state index is 13.0. The summed E-state index contributed by atoms with van der Waals surface area (Å²) in [6, 6.07) is 6.37. The number of ether oxygens (including phenoxy) is 1. The zero-order chi connectivity index (χ0) is 22.6. The topological polar surface area (TPSA) is 126 Å². The zero-order valence-electron chi connectivity index (χ0n) is 16.9. The lowest BCUT2D eigenvalue weighted by atomic mass is 10.1. The Bertz CT molecular complexity index is 1140. The van der Waals surface area contributed by atoms with Crippen LogP contribution in [0.4, 0.5) is 5.13 Å². The molecule has 2 heterocycles. The van der Waals surface area contributed by atoms with Crippen molar-refractivity contribution in [3.8, 4) is 0 Å². The van der Waals surface area contributed by atoms with Gasteiger partial charge in [0.15, 0.2) is 17.5 Å². The van der Waals surface area contributed by atoms with Crippen molar-refractivity contribution < 1.29 is 23.5 Å². The molecule has 1 aliphatic carbocycles. The summed E-state index contributed by atoms with van der Waals surface area (Å²) in [5.41, 5.74) is 0.484. The second-order valence-corrected chi connectivity index (χ2v) is 10.8. The zero-order valence-corrected chi connectivity index (χ0v) is 19.4. The van der Waals surface area contributed by atoms with E-state index in [1.807, 2.05) is 5.38 Å². The predicted octanol–water partition coefficient (Wildman–Crippen LogP) is 4.70. The summed E-state index contributed by atoms with van der Waals surface area (Å²) in [4.78, 5) is 28.5. The molecule has 0 fully saturated rings. The van der Waals surface area contributed by atoms with Crippen LogP contribution in [0.15, 0.2) is 63.1 Å². The van der Waals surface area contributed by atoms with Crippen LogP contribution in [-0.2, 0) is 27.6 Å². The number of nitrogens with one attached hydrogen (secondary N) is 1. The first-order chi connectivity index (χ1) is 15.5. The molecule has 1 aliphatic rings. The van der Waals surface area contributed by atoms with Crippen LogP contribution in [0.2, 0.25) is 0 Å². The summed E-state index contributed by atoms with van der Waals surface area (Å²) < 4.78 is 25.8. The molecule has 9 nitrogen and oxygen atoms in total. The van der Waals surface area contributed by atoms with E-state index in [0.29, 0.717) is 33.5 Å². The number of aromatic nitrogens is 2. The smallest absolute Gasteiger partial charge is 0.280 e. The van der Waals surface area contributed by atoms with E-state index in [1.165, 1.54) is 22.7 Å². The van der Waals surface area contributed by atoms with Gasteiger partial charge in [-0.25, -0.2) is 9.97 Å². The molecule has 3 aromatic rings. The lowest BCUT2D eigenvalue weighted by molar-refractivity contribution is -0.110. The van der Waals surface area contributed by atoms with E-state index in [2.05, 4.69) is 20.4 Å². The first-order valence-electron chi connectivity index (χ1n) is 9.38. The first kappa shape index (κ1) is 22.6. The minimum Gasteiger partial charge on any atom is -0.388 e. The summed E-state index contributed by atoms with van der Waals surface area (Å²) >= 11 is 2.71. The molecular weight excluding hydrogens is 472 g/mol. The summed E-state index contributed by atoms with van der Waals surface area (Å²) in [5.74, 6) is -0.508. The molecule has 1 aromatic carbocycles. The molecule has 32 heavy (non-hydrogen) atoms. The van der Waals surface area contributed by atoms with E-state index >= 15 is 0 Å². The van der Waals surface area contributed by atoms with Crippen LogP contribution in [0.1, 0.15) is 21.9 Å². The Morgan fingerprint density at radius 2 is 2.03 bits per heavy atom.